The highest BCUT2D eigenvalue weighted by atomic mass is 16.3. The molecule has 2 saturated heterocycles. The molecule has 0 radical (unpaired) electrons. The number of aromatic nitrogens is 4. The van der Waals surface area contributed by atoms with Crippen LogP contribution in [0, 0.1) is 0 Å². The molecule has 310 valence electrons. The van der Waals surface area contributed by atoms with E-state index in [9.17, 15) is 20.4 Å². The van der Waals surface area contributed by atoms with E-state index in [1.165, 1.54) is 0 Å². The summed E-state index contributed by atoms with van der Waals surface area (Å²) in [5, 5.41) is 72.0. The zero-order valence-electron chi connectivity index (χ0n) is 35.6. The Kier molecular flexibility index (Phi) is 10.9. The monoisotopic (exact) mass is 798 g/mol. The quantitative estimate of drug-likeness (QED) is 0.0855. The van der Waals surface area contributed by atoms with Crippen LogP contribution in [0.1, 0.15) is 81.1 Å². The number of phenolic OH excluding ortho intramolecular Hbond substituents is 4. The molecule has 6 aromatic rings. The Morgan fingerprint density at radius 3 is 1.42 bits per heavy atom. The fraction of sp³-hybridized carbons (Fsp3) is 0.404. The Bertz CT molecular complexity index is 2430. The molecule has 4 aromatic carbocycles. The molecule has 12 heteroatoms. The molecule has 0 bridgehead atoms. The first-order chi connectivity index (χ1) is 27.6. The second-order valence-corrected chi connectivity index (χ2v) is 19.1. The van der Waals surface area contributed by atoms with Gasteiger partial charge in [-0.1, -0.05) is 12.1 Å². The van der Waals surface area contributed by atoms with Crippen molar-refractivity contribution in [1.82, 2.24) is 31.0 Å². The first-order valence-electron chi connectivity index (χ1n) is 20.3. The molecule has 4 heterocycles. The van der Waals surface area contributed by atoms with Crippen LogP contribution in [-0.2, 0) is 0 Å². The number of fused-ring (bicyclic) bond motifs is 2. The standard InChI is InChI=1S/C24H30N4O2.C23H28N4O2/c1-23(2)13-17(14-24(3,4)27-23)28(5)22-9-8-20(25-26-22)19-11-15-6-7-18(29)10-16(15)12-21(19)30;1-22(2)12-16(13-23(3,4)27-22)24-21-8-7-19(25-26-21)18-10-14-5-6-17(28)9-15(14)11-20(18)29/h6-12,17,27,29-30H,13-14H2,1-5H3;5-11,16,27-29H,12-13H2,1-4H3,(H,24,26). The third-order valence-electron chi connectivity index (χ3n) is 11.4. The maximum atomic E-state index is 10.5. The van der Waals surface area contributed by atoms with E-state index in [0.29, 0.717) is 34.6 Å². The number of rotatable bonds is 6. The molecule has 0 saturated carbocycles. The second-order valence-electron chi connectivity index (χ2n) is 19.1. The van der Waals surface area contributed by atoms with Crippen molar-refractivity contribution in [2.75, 3.05) is 17.3 Å². The largest absolute Gasteiger partial charge is 0.508 e. The van der Waals surface area contributed by atoms with Gasteiger partial charge in [0.25, 0.3) is 0 Å². The molecule has 0 spiro atoms. The van der Waals surface area contributed by atoms with E-state index in [1.807, 2.05) is 48.5 Å². The first-order valence-corrected chi connectivity index (χ1v) is 20.3. The molecule has 0 unspecified atom stereocenters. The minimum absolute atomic E-state index is 0.0537. The number of anilines is 2. The number of phenols is 4. The Hall–Kier alpha value is -5.72. The molecule has 8 rings (SSSR count). The van der Waals surface area contributed by atoms with Crippen molar-refractivity contribution in [3.63, 3.8) is 0 Å². The predicted octanol–water partition coefficient (Wildman–Crippen LogP) is 8.88. The van der Waals surface area contributed by atoms with Crippen molar-refractivity contribution in [3.05, 3.63) is 84.9 Å². The Morgan fingerprint density at radius 1 is 0.525 bits per heavy atom. The van der Waals surface area contributed by atoms with Gasteiger partial charge in [-0.15, -0.1) is 20.4 Å². The van der Waals surface area contributed by atoms with Crippen LogP contribution in [0.2, 0.25) is 0 Å². The summed E-state index contributed by atoms with van der Waals surface area (Å²) >= 11 is 0. The molecule has 7 N–H and O–H groups in total. The van der Waals surface area contributed by atoms with E-state index in [1.54, 1.807) is 36.4 Å². The lowest BCUT2D eigenvalue weighted by atomic mass is 9.79. The van der Waals surface area contributed by atoms with Crippen LogP contribution >= 0.6 is 0 Å². The van der Waals surface area contributed by atoms with Gasteiger partial charge in [0.2, 0.25) is 0 Å². The SMILES string of the molecule is CC1(C)CC(Nc2ccc(-c3cc4ccc(O)cc4cc3O)nn2)CC(C)(C)N1.CN(c1ccc(-c2cc3ccc(O)cc3cc2O)nn1)C1CC(C)(C)NC(C)(C)C1. The van der Waals surface area contributed by atoms with Crippen LogP contribution in [0.4, 0.5) is 11.6 Å². The Morgan fingerprint density at radius 2 is 0.983 bits per heavy atom. The summed E-state index contributed by atoms with van der Waals surface area (Å²) in [5.41, 5.74) is 2.68. The lowest BCUT2D eigenvalue weighted by Gasteiger charge is -2.49. The van der Waals surface area contributed by atoms with Gasteiger partial charge in [0.15, 0.2) is 5.82 Å². The minimum atomic E-state index is 0.0537. The van der Waals surface area contributed by atoms with Gasteiger partial charge in [0, 0.05) is 52.4 Å². The number of aromatic hydroxyl groups is 4. The van der Waals surface area contributed by atoms with Crippen molar-refractivity contribution < 1.29 is 20.4 Å². The van der Waals surface area contributed by atoms with Crippen LogP contribution in [0.15, 0.2) is 84.9 Å². The highest BCUT2D eigenvalue weighted by Crippen LogP contribution is 2.37. The van der Waals surface area contributed by atoms with Crippen molar-refractivity contribution in [1.29, 1.82) is 0 Å². The van der Waals surface area contributed by atoms with Crippen LogP contribution in [0.3, 0.4) is 0 Å². The number of hydrogen-bond acceptors (Lipinski definition) is 12. The van der Waals surface area contributed by atoms with Gasteiger partial charge in [-0.25, -0.2) is 0 Å². The van der Waals surface area contributed by atoms with Gasteiger partial charge in [-0.05, 0) is 175 Å². The maximum Gasteiger partial charge on any atom is 0.151 e. The summed E-state index contributed by atoms with van der Waals surface area (Å²) in [6, 6.07) is 25.5. The summed E-state index contributed by atoms with van der Waals surface area (Å²) in [6.45, 7) is 17.9. The van der Waals surface area contributed by atoms with E-state index in [2.05, 4.69) is 104 Å². The van der Waals surface area contributed by atoms with Crippen molar-refractivity contribution in [3.8, 4) is 45.5 Å². The topological polar surface area (TPSA) is 172 Å². The summed E-state index contributed by atoms with van der Waals surface area (Å²) in [4.78, 5) is 2.21. The van der Waals surface area contributed by atoms with E-state index in [-0.39, 0.29) is 45.2 Å². The molecule has 2 aliphatic heterocycles. The maximum absolute atomic E-state index is 10.5. The normalized spacial score (nSPS) is 18.5. The molecule has 0 amide bonds. The molecule has 2 aromatic heterocycles. The number of benzene rings is 4. The van der Waals surface area contributed by atoms with Gasteiger partial charge < -0.3 is 41.3 Å². The number of piperidine rings is 2. The van der Waals surface area contributed by atoms with Gasteiger partial charge in [0.05, 0.1) is 11.4 Å². The average molecular weight is 799 g/mol. The molecular formula is C47H58N8O4. The molecule has 2 aliphatic rings. The lowest BCUT2D eigenvalue weighted by Crippen LogP contribution is -2.62. The Balaban J connectivity index is 0.000000179. The zero-order valence-corrected chi connectivity index (χ0v) is 35.6. The smallest absolute Gasteiger partial charge is 0.151 e. The van der Waals surface area contributed by atoms with Crippen LogP contribution in [-0.4, -0.2) is 82.1 Å². The van der Waals surface area contributed by atoms with E-state index in [4.69, 9.17) is 0 Å². The summed E-state index contributed by atoms with van der Waals surface area (Å²) in [5.74, 6) is 2.13. The van der Waals surface area contributed by atoms with Crippen molar-refractivity contribution in [2.45, 2.75) is 115 Å². The molecule has 0 atom stereocenters. The fourth-order valence-corrected chi connectivity index (χ4v) is 9.53. The van der Waals surface area contributed by atoms with E-state index in [0.717, 1.165) is 58.9 Å². The highest BCUT2D eigenvalue weighted by Gasteiger charge is 2.40. The lowest BCUT2D eigenvalue weighted by molar-refractivity contribution is 0.160. The summed E-state index contributed by atoms with van der Waals surface area (Å²) in [6.07, 6.45) is 4.04. The minimum Gasteiger partial charge on any atom is -0.508 e. The first kappa shape index (κ1) is 41.4. The highest BCUT2D eigenvalue weighted by molar-refractivity contribution is 5.92. The molecule has 2 fully saturated rings. The fourth-order valence-electron chi connectivity index (χ4n) is 9.53. The Labute approximate surface area is 346 Å². The number of nitrogens with one attached hydrogen (secondary N) is 3. The third kappa shape index (κ3) is 9.77. The molecular weight excluding hydrogens is 741 g/mol. The van der Waals surface area contributed by atoms with Crippen LogP contribution < -0.4 is 20.9 Å². The number of nitrogens with zero attached hydrogens (tertiary/aromatic N) is 5. The summed E-state index contributed by atoms with van der Waals surface area (Å²) < 4.78 is 0. The van der Waals surface area contributed by atoms with E-state index < -0.39 is 0 Å². The third-order valence-corrected chi connectivity index (χ3v) is 11.4. The molecule has 0 aliphatic carbocycles. The number of hydrogen-bond donors (Lipinski definition) is 7. The van der Waals surface area contributed by atoms with E-state index >= 15 is 0 Å². The van der Waals surface area contributed by atoms with Gasteiger partial charge >= 0.3 is 0 Å². The second kappa shape index (κ2) is 15.5. The predicted molar refractivity (Wildman–Crippen MR) is 237 cm³/mol. The zero-order chi connectivity index (χ0) is 42.5. The summed E-state index contributed by atoms with van der Waals surface area (Å²) in [7, 11) is 2.08. The van der Waals surface area contributed by atoms with Gasteiger partial charge in [-0.3, -0.25) is 0 Å². The van der Waals surface area contributed by atoms with Crippen LogP contribution in [0.5, 0.6) is 23.0 Å². The van der Waals surface area contributed by atoms with Crippen LogP contribution in [0.25, 0.3) is 44.1 Å². The van der Waals surface area contributed by atoms with Gasteiger partial charge in [-0.2, -0.15) is 0 Å². The van der Waals surface area contributed by atoms with Crippen molar-refractivity contribution in [2.24, 2.45) is 0 Å². The average Bonchev–Trinajstić information content (AvgIpc) is 3.12. The van der Waals surface area contributed by atoms with Gasteiger partial charge in [0.1, 0.15) is 28.8 Å². The van der Waals surface area contributed by atoms with Crippen molar-refractivity contribution >= 4 is 33.2 Å². The molecule has 59 heavy (non-hydrogen) atoms. The molecule has 12 nitrogen and oxygen atoms in total.